The molecule has 13 rings (SSSR count). The van der Waals surface area contributed by atoms with Crippen LogP contribution in [0.3, 0.4) is 0 Å². The number of hydrogen-bond donors (Lipinski definition) is 0. The zero-order chi connectivity index (χ0) is 41.4. The monoisotopic (exact) mass is 824 g/mol. The molecule has 1 aliphatic rings. The quantitative estimate of drug-likeness (QED) is 0.168. The second kappa shape index (κ2) is 14.3. The lowest BCUT2D eigenvalue weighted by atomic mass is 9.92. The van der Waals surface area contributed by atoms with Crippen LogP contribution in [-0.4, -0.2) is 19.5 Å². The maximum absolute atomic E-state index is 6.68. The van der Waals surface area contributed by atoms with Gasteiger partial charge in [0.1, 0.15) is 11.2 Å². The standard InChI is InChI=1S/C57H36N4OS/c1-4-16-35(17-5-1)55-58-56(36-18-6-2-7-19-36)60-57(59-55)47-33-38(32-46-43-25-13-15-27-51(43)63-54(46)47)41-23-11-10-22-40(41)37-28-29-45-49(34-37)61(39-20-8-3-9-21-39)48-31-30-44-42-24-12-14-26-50(42)62-53(44)52(45)48/h1-8,10-20,22-34H,9,21H2. The second-order valence-electron chi connectivity index (χ2n) is 16.2. The molecule has 0 unspecified atom stereocenters. The van der Waals surface area contributed by atoms with Gasteiger partial charge in [-0.1, -0.05) is 146 Å². The highest BCUT2D eigenvalue weighted by molar-refractivity contribution is 7.26. The molecule has 0 radical (unpaired) electrons. The predicted octanol–water partition coefficient (Wildman–Crippen LogP) is 15.8. The van der Waals surface area contributed by atoms with Gasteiger partial charge < -0.3 is 8.98 Å². The van der Waals surface area contributed by atoms with E-state index >= 15 is 0 Å². The van der Waals surface area contributed by atoms with Gasteiger partial charge >= 0.3 is 0 Å². The van der Waals surface area contributed by atoms with Crippen LogP contribution >= 0.6 is 11.3 Å². The molecule has 6 heteroatoms. The van der Waals surface area contributed by atoms with E-state index in [1.54, 1.807) is 11.3 Å². The topological polar surface area (TPSA) is 56.7 Å². The average Bonchev–Trinajstić information content (AvgIpc) is 4.04. The van der Waals surface area contributed by atoms with E-state index in [0.29, 0.717) is 17.5 Å². The fourth-order valence-corrected chi connectivity index (χ4v) is 10.8. The van der Waals surface area contributed by atoms with Gasteiger partial charge in [0.2, 0.25) is 0 Å². The summed E-state index contributed by atoms with van der Waals surface area (Å²) in [5, 5.41) is 7.01. The van der Waals surface area contributed by atoms with Gasteiger partial charge in [0, 0.05) is 58.7 Å². The molecule has 1 aliphatic carbocycles. The van der Waals surface area contributed by atoms with Gasteiger partial charge in [-0.15, -0.1) is 11.3 Å². The summed E-state index contributed by atoms with van der Waals surface area (Å²) in [5.74, 6) is 1.94. The molecule has 0 aliphatic heterocycles. The summed E-state index contributed by atoms with van der Waals surface area (Å²) >= 11 is 1.79. The fourth-order valence-electron chi connectivity index (χ4n) is 9.60. The molecule has 12 aromatic rings. The number of nitrogens with zero attached hydrogens (tertiary/aromatic N) is 4. The molecule has 0 atom stereocenters. The first-order chi connectivity index (χ1) is 31.2. The van der Waals surface area contributed by atoms with Crippen molar-refractivity contribution in [2.24, 2.45) is 0 Å². The normalized spacial score (nSPS) is 13.0. The van der Waals surface area contributed by atoms with E-state index in [1.807, 2.05) is 42.5 Å². The Hall–Kier alpha value is -7.93. The van der Waals surface area contributed by atoms with E-state index in [-0.39, 0.29) is 0 Å². The van der Waals surface area contributed by atoms with Gasteiger partial charge in [0.25, 0.3) is 0 Å². The molecule has 0 N–H and O–H groups in total. The van der Waals surface area contributed by atoms with E-state index in [4.69, 9.17) is 19.4 Å². The van der Waals surface area contributed by atoms with Crippen molar-refractivity contribution in [2.75, 3.05) is 0 Å². The molecule has 296 valence electrons. The highest BCUT2D eigenvalue weighted by atomic mass is 32.1. The van der Waals surface area contributed by atoms with Crippen LogP contribution in [0.15, 0.2) is 199 Å². The lowest BCUT2D eigenvalue weighted by Gasteiger charge is -2.16. The summed E-state index contributed by atoms with van der Waals surface area (Å²) in [5.41, 5.74) is 12.9. The average molecular weight is 825 g/mol. The van der Waals surface area contributed by atoms with Crippen molar-refractivity contribution in [3.63, 3.8) is 0 Å². The van der Waals surface area contributed by atoms with Gasteiger partial charge in [-0.2, -0.15) is 0 Å². The molecular weight excluding hydrogens is 789 g/mol. The molecule has 0 saturated heterocycles. The summed E-state index contributed by atoms with van der Waals surface area (Å²) in [7, 11) is 0. The van der Waals surface area contributed by atoms with Gasteiger partial charge in [-0.25, -0.2) is 15.0 Å². The summed E-state index contributed by atoms with van der Waals surface area (Å²) in [6.45, 7) is 0. The highest BCUT2D eigenvalue weighted by Crippen LogP contribution is 2.46. The molecule has 4 aromatic heterocycles. The Morgan fingerprint density at radius 3 is 1.90 bits per heavy atom. The number of furan rings is 1. The van der Waals surface area contributed by atoms with Crippen molar-refractivity contribution in [1.82, 2.24) is 19.5 Å². The van der Waals surface area contributed by atoms with Crippen molar-refractivity contribution in [3.8, 4) is 56.4 Å². The van der Waals surface area contributed by atoms with Crippen LogP contribution < -0.4 is 0 Å². The molecule has 0 amide bonds. The minimum absolute atomic E-state index is 0.645. The maximum atomic E-state index is 6.68. The molecule has 0 fully saturated rings. The number of benzene rings is 8. The second-order valence-corrected chi connectivity index (χ2v) is 17.3. The minimum atomic E-state index is 0.645. The molecule has 63 heavy (non-hydrogen) atoms. The zero-order valence-electron chi connectivity index (χ0n) is 34.0. The first-order valence-electron chi connectivity index (χ1n) is 21.4. The van der Waals surface area contributed by atoms with E-state index in [0.717, 1.165) is 89.3 Å². The smallest absolute Gasteiger partial charge is 0.165 e. The Balaban J connectivity index is 1.05. The summed E-state index contributed by atoms with van der Waals surface area (Å²) < 4.78 is 11.5. The first-order valence-corrected chi connectivity index (χ1v) is 22.2. The molecule has 8 aromatic carbocycles. The van der Waals surface area contributed by atoms with Crippen LogP contribution in [0.1, 0.15) is 12.8 Å². The fraction of sp³-hybridized carbons (Fsp3) is 0.0351. The van der Waals surface area contributed by atoms with Gasteiger partial charge in [-0.3, -0.25) is 0 Å². The predicted molar refractivity (Wildman–Crippen MR) is 263 cm³/mol. The zero-order valence-corrected chi connectivity index (χ0v) is 34.8. The largest absolute Gasteiger partial charge is 0.455 e. The number of thiophene rings is 1. The molecule has 0 saturated carbocycles. The highest BCUT2D eigenvalue weighted by Gasteiger charge is 2.23. The van der Waals surface area contributed by atoms with Crippen LogP contribution in [0.5, 0.6) is 0 Å². The first kappa shape index (κ1) is 35.8. The van der Waals surface area contributed by atoms with Crippen molar-refractivity contribution in [2.45, 2.75) is 12.8 Å². The summed E-state index contributed by atoms with van der Waals surface area (Å²) in [6, 6.07) is 62.4. The number of para-hydroxylation sites is 1. The Labute approximate surface area is 366 Å². The SMILES string of the molecule is C1=CCCC(n2c3cc(-c4ccccc4-c4cc(-c5nc(-c6ccccc6)nc(-c6ccccc6)n5)c5sc6ccccc6c5c4)ccc3c3c4oc5ccccc5c4ccc32)=C1. The lowest BCUT2D eigenvalue weighted by Crippen LogP contribution is -2.00. The maximum Gasteiger partial charge on any atom is 0.165 e. The molecular formula is C57H36N4OS. The third-order valence-electron chi connectivity index (χ3n) is 12.5. The van der Waals surface area contributed by atoms with Crippen LogP contribution in [0.25, 0.3) is 126 Å². The number of hydrogen-bond acceptors (Lipinski definition) is 5. The molecule has 5 nitrogen and oxygen atoms in total. The van der Waals surface area contributed by atoms with Crippen LogP contribution in [0, 0.1) is 0 Å². The number of aromatic nitrogens is 4. The third-order valence-corrected chi connectivity index (χ3v) is 13.7. The molecule has 4 heterocycles. The summed E-state index contributed by atoms with van der Waals surface area (Å²) in [4.78, 5) is 15.5. The van der Waals surface area contributed by atoms with Gasteiger partial charge in [-0.05, 0) is 83.6 Å². The van der Waals surface area contributed by atoms with E-state index in [1.165, 1.54) is 32.1 Å². The number of allylic oxidation sites excluding steroid dienone is 4. The van der Waals surface area contributed by atoms with Crippen LogP contribution in [0.4, 0.5) is 0 Å². The van der Waals surface area contributed by atoms with Crippen LogP contribution in [0.2, 0.25) is 0 Å². The Morgan fingerprint density at radius 1 is 0.476 bits per heavy atom. The van der Waals surface area contributed by atoms with Gasteiger partial charge in [0.05, 0.1) is 16.4 Å². The summed E-state index contributed by atoms with van der Waals surface area (Å²) in [6.07, 6.45) is 8.67. The van der Waals surface area contributed by atoms with Gasteiger partial charge in [0.15, 0.2) is 17.5 Å². The Kier molecular flexibility index (Phi) is 8.14. The number of fused-ring (bicyclic) bond motifs is 10. The number of rotatable bonds is 6. The van der Waals surface area contributed by atoms with E-state index in [9.17, 15) is 0 Å². The Bertz CT molecular complexity index is 3800. The van der Waals surface area contributed by atoms with Crippen LogP contribution in [-0.2, 0) is 0 Å². The molecule has 0 bridgehead atoms. The lowest BCUT2D eigenvalue weighted by molar-refractivity contribution is 0.673. The van der Waals surface area contributed by atoms with E-state index < -0.39 is 0 Å². The van der Waals surface area contributed by atoms with Crippen molar-refractivity contribution in [1.29, 1.82) is 0 Å². The molecule has 0 spiro atoms. The third kappa shape index (κ3) is 5.79. The van der Waals surface area contributed by atoms with Crippen molar-refractivity contribution in [3.05, 3.63) is 194 Å². The minimum Gasteiger partial charge on any atom is -0.455 e. The van der Waals surface area contributed by atoms with Crippen molar-refractivity contribution >= 4 is 81.0 Å². The van der Waals surface area contributed by atoms with E-state index in [2.05, 4.69) is 156 Å². The Morgan fingerprint density at radius 2 is 1.14 bits per heavy atom. The van der Waals surface area contributed by atoms with Crippen molar-refractivity contribution < 1.29 is 4.42 Å².